The Morgan fingerprint density at radius 1 is 1.35 bits per heavy atom. The van der Waals surface area contributed by atoms with E-state index in [-0.39, 0.29) is 5.96 Å². The molecule has 2 rings (SSSR count). The highest BCUT2D eigenvalue weighted by Crippen LogP contribution is 2.12. The maximum Gasteiger partial charge on any atom is 0.190 e. The van der Waals surface area contributed by atoms with Crippen molar-refractivity contribution in [1.29, 1.82) is 5.41 Å². The Morgan fingerprint density at radius 2 is 2.12 bits per heavy atom. The third-order valence-electron chi connectivity index (χ3n) is 2.34. The highest BCUT2D eigenvalue weighted by molar-refractivity contribution is 7.07. The number of guanidine groups is 1. The van der Waals surface area contributed by atoms with E-state index in [0.717, 1.165) is 24.2 Å². The summed E-state index contributed by atoms with van der Waals surface area (Å²) in [7, 11) is 0. The molecule has 0 atom stereocenters. The van der Waals surface area contributed by atoms with Crippen LogP contribution in [-0.2, 0) is 12.8 Å². The van der Waals surface area contributed by atoms with Gasteiger partial charge >= 0.3 is 0 Å². The molecular formula is C12H13N4S. The van der Waals surface area contributed by atoms with E-state index in [1.54, 1.807) is 0 Å². The summed E-state index contributed by atoms with van der Waals surface area (Å²) in [5.74, 6) is -0.0456. The number of nitrogens with two attached hydrogens (primary N) is 1. The summed E-state index contributed by atoms with van der Waals surface area (Å²) >= 11 is 1.50. The SMILES string of the molecule is N=C(N)Nc1ccc(CCc2cs[c]n2)cc1. The second-order valence-electron chi connectivity index (χ2n) is 3.67. The minimum Gasteiger partial charge on any atom is -0.370 e. The molecule has 0 aliphatic carbocycles. The highest BCUT2D eigenvalue weighted by Gasteiger charge is 1.98. The molecule has 0 aliphatic heterocycles. The van der Waals surface area contributed by atoms with Gasteiger partial charge in [-0.1, -0.05) is 12.1 Å². The van der Waals surface area contributed by atoms with Crippen molar-refractivity contribution in [1.82, 2.24) is 4.98 Å². The smallest absolute Gasteiger partial charge is 0.190 e. The van der Waals surface area contributed by atoms with Gasteiger partial charge in [-0.25, -0.2) is 4.98 Å². The Morgan fingerprint density at radius 3 is 2.71 bits per heavy atom. The lowest BCUT2D eigenvalue weighted by atomic mass is 10.1. The lowest BCUT2D eigenvalue weighted by molar-refractivity contribution is 0.925. The molecule has 0 fully saturated rings. The van der Waals surface area contributed by atoms with E-state index in [1.807, 2.05) is 29.6 Å². The second kappa shape index (κ2) is 5.45. The van der Waals surface area contributed by atoms with E-state index in [0.29, 0.717) is 0 Å². The molecule has 0 unspecified atom stereocenters. The first kappa shape index (κ1) is 11.6. The van der Waals surface area contributed by atoms with Gasteiger partial charge in [0.05, 0.1) is 5.69 Å². The van der Waals surface area contributed by atoms with Crippen molar-refractivity contribution < 1.29 is 0 Å². The summed E-state index contributed by atoms with van der Waals surface area (Å²) in [5.41, 5.74) is 11.3. The fourth-order valence-electron chi connectivity index (χ4n) is 1.50. The Kier molecular flexibility index (Phi) is 3.72. The van der Waals surface area contributed by atoms with Crippen LogP contribution in [0.25, 0.3) is 0 Å². The zero-order valence-electron chi connectivity index (χ0n) is 9.23. The van der Waals surface area contributed by atoms with E-state index in [2.05, 4.69) is 15.8 Å². The monoisotopic (exact) mass is 245 g/mol. The number of aromatic nitrogens is 1. The Labute approximate surface area is 104 Å². The summed E-state index contributed by atoms with van der Waals surface area (Å²) in [6, 6.07) is 7.90. The largest absolute Gasteiger partial charge is 0.370 e. The van der Waals surface area contributed by atoms with Gasteiger partial charge in [-0.2, -0.15) is 0 Å². The summed E-state index contributed by atoms with van der Waals surface area (Å²) in [6.07, 6.45) is 1.89. The maximum absolute atomic E-state index is 7.12. The molecule has 0 saturated carbocycles. The first-order valence-electron chi connectivity index (χ1n) is 5.24. The van der Waals surface area contributed by atoms with Crippen LogP contribution in [0.5, 0.6) is 0 Å². The molecule has 0 saturated heterocycles. The molecule has 1 heterocycles. The number of nitrogens with zero attached hydrogens (tertiary/aromatic N) is 1. The minimum atomic E-state index is -0.0456. The highest BCUT2D eigenvalue weighted by atomic mass is 32.1. The molecule has 1 aromatic heterocycles. The predicted molar refractivity (Wildman–Crippen MR) is 70.3 cm³/mol. The van der Waals surface area contributed by atoms with Gasteiger partial charge in [-0.05, 0) is 30.5 Å². The third kappa shape index (κ3) is 3.57. The van der Waals surface area contributed by atoms with Crippen LogP contribution in [0.4, 0.5) is 5.69 Å². The number of anilines is 1. The van der Waals surface area contributed by atoms with Crippen molar-refractivity contribution in [3.63, 3.8) is 0 Å². The molecule has 1 aromatic carbocycles. The van der Waals surface area contributed by atoms with E-state index in [1.165, 1.54) is 16.9 Å². The van der Waals surface area contributed by atoms with E-state index in [9.17, 15) is 0 Å². The Bertz CT molecular complexity index is 476. The predicted octanol–water partition coefficient (Wildman–Crippen LogP) is 2.03. The zero-order chi connectivity index (χ0) is 12.1. The molecule has 5 heteroatoms. The number of hydrogen-bond acceptors (Lipinski definition) is 3. The number of rotatable bonds is 4. The van der Waals surface area contributed by atoms with Crippen LogP contribution in [0.2, 0.25) is 0 Å². The normalized spacial score (nSPS) is 10.1. The average molecular weight is 245 g/mol. The van der Waals surface area contributed by atoms with Crippen molar-refractivity contribution in [2.75, 3.05) is 5.32 Å². The van der Waals surface area contributed by atoms with Crippen LogP contribution < -0.4 is 11.1 Å². The molecule has 17 heavy (non-hydrogen) atoms. The van der Waals surface area contributed by atoms with Crippen molar-refractivity contribution in [3.05, 3.63) is 46.4 Å². The lowest BCUT2D eigenvalue weighted by Crippen LogP contribution is -2.20. The molecule has 2 aromatic rings. The maximum atomic E-state index is 7.12. The van der Waals surface area contributed by atoms with Gasteiger partial charge in [0.15, 0.2) is 11.5 Å². The minimum absolute atomic E-state index is 0.0456. The van der Waals surface area contributed by atoms with E-state index >= 15 is 0 Å². The van der Waals surface area contributed by atoms with Gasteiger partial charge in [0.25, 0.3) is 0 Å². The molecular weight excluding hydrogens is 232 g/mol. The number of thiazole rings is 1. The molecule has 0 spiro atoms. The summed E-state index contributed by atoms with van der Waals surface area (Å²) in [5, 5.41) is 11.9. The third-order valence-corrected chi connectivity index (χ3v) is 2.93. The van der Waals surface area contributed by atoms with E-state index in [4.69, 9.17) is 11.1 Å². The number of benzene rings is 1. The van der Waals surface area contributed by atoms with Gasteiger partial charge in [-0.15, -0.1) is 11.3 Å². The molecule has 0 amide bonds. The molecule has 4 nitrogen and oxygen atoms in total. The molecule has 87 valence electrons. The Hall–Kier alpha value is -1.88. The zero-order valence-corrected chi connectivity index (χ0v) is 10.1. The topological polar surface area (TPSA) is 74.8 Å². The van der Waals surface area contributed by atoms with Gasteiger partial charge in [0.1, 0.15) is 0 Å². The first-order chi connectivity index (χ1) is 8.24. The van der Waals surface area contributed by atoms with Crippen LogP contribution >= 0.6 is 11.3 Å². The van der Waals surface area contributed by atoms with Gasteiger partial charge in [-0.3, -0.25) is 5.41 Å². The van der Waals surface area contributed by atoms with Gasteiger partial charge < -0.3 is 11.1 Å². The molecule has 0 bridgehead atoms. The average Bonchev–Trinajstić information content (AvgIpc) is 2.80. The number of aryl methyl sites for hydroxylation is 2. The first-order valence-corrected chi connectivity index (χ1v) is 6.12. The van der Waals surface area contributed by atoms with Crippen LogP contribution in [-0.4, -0.2) is 10.9 Å². The van der Waals surface area contributed by atoms with Crippen LogP contribution in [0, 0.1) is 10.9 Å². The number of nitrogens with one attached hydrogen (secondary N) is 2. The van der Waals surface area contributed by atoms with Crippen molar-refractivity contribution in [3.8, 4) is 0 Å². The molecule has 4 N–H and O–H groups in total. The van der Waals surface area contributed by atoms with Crippen LogP contribution in [0.1, 0.15) is 11.3 Å². The fraction of sp³-hybridized carbons (Fsp3) is 0.167. The quantitative estimate of drug-likeness (QED) is 0.570. The van der Waals surface area contributed by atoms with Crippen LogP contribution in [0.3, 0.4) is 0 Å². The van der Waals surface area contributed by atoms with E-state index < -0.39 is 0 Å². The Balaban J connectivity index is 1.91. The lowest BCUT2D eigenvalue weighted by Gasteiger charge is -2.05. The summed E-state index contributed by atoms with van der Waals surface area (Å²) < 4.78 is 0. The molecule has 1 radical (unpaired) electrons. The van der Waals surface area contributed by atoms with Gasteiger partial charge in [0.2, 0.25) is 0 Å². The standard InChI is InChI=1S/C12H13N4S/c13-12(14)16-10-4-1-9(2-5-10)3-6-11-7-17-8-15-11/h1-2,4-5,7H,3,6H2,(H4,13,14,16). The van der Waals surface area contributed by atoms with Crippen LogP contribution in [0.15, 0.2) is 29.6 Å². The summed E-state index contributed by atoms with van der Waals surface area (Å²) in [6.45, 7) is 0. The van der Waals surface area contributed by atoms with Crippen molar-refractivity contribution in [2.24, 2.45) is 5.73 Å². The van der Waals surface area contributed by atoms with Crippen molar-refractivity contribution >= 4 is 23.0 Å². The summed E-state index contributed by atoms with van der Waals surface area (Å²) in [4.78, 5) is 4.12. The fourth-order valence-corrected chi connectivity index (χ4v) is 2.03. The van der Waals surface area contributed by atoms with Crippen molar-refractivity contribution in [2.45, 2.75) is 12.8 Å². The second-order valence-corrected chi connectivity index (χ2v) is 4.32. The molecule has 0 aliphatic rings. The number of hydrogen-bond donors (Lipinski definition) is 3. The van der Waals surface area contributed by atoms with Gasteiger partial charge in [0, 0.05) is 11.1 Å².